The molecule has 144 valence electrons. The van der Waals surface area contributed by atoms with Crippen molar-refractivity contribution < 1.29 is 9.18 Å². The number of halogens is 1. The Balaban J connectivity index is 1.49. The van der Waals surface area contributed by atoms with E-state index in [9.17, 15) is 9.18 Å². The number of carbonyl (C=O) groups is 1. The summed E-state index contributed by atoms with van der Waals surface area (Å²) in [5.74, 6) is 1.70. The predicted molar refractivity (Wildman–Crippen MR) is 99.6 cm³/mol. The fraction of sp³-hybridized carbons (Fsp3) is 0.550. The highest BCUT2D eigenvalue weighted by molar-refractivity contribution is 5.75. The highest BCUT2D eigenvalue weighted by Crippen LogP contribution is 2.32. The smallest absolute Gasteiger partial charge is 0.318 e. The number of carbonyl (C=O) groups excluding carboxylic acids is 1. The maximum atomic E-state index is 13.1. The number of nitrogens with one attached hydrogen (secondary N) is 1. The second kappa shape index (κ2) is 7.66. The third kappa shape index (κ3) is 3.68. The van der Waals surface area contributed by atoms with Gasteiger partial charge in [0, 0.05) is 19.5 Å². The molecule has 4 rings (SSSR count). The molecule has 6 nitrogen and oxygen atoms in total. The molecule has 2 atom stereocenters. The summed E-state index contributed by atoms with van der Waals surface area (Å²) in [6.45, 7) is 3.57. The minimum atomic E-state index is -0.274. The average molecular weight is 371 g/mol. The summed E-state index contributed by atoms with van der Waals surface area (Å²) in [5, 5.41) is 11.9. The zero-order valence-electron chi connectivity index (χ0n) is 15.7. The second-order valence-electron chi connectivity index (χ2n) is 7.51. The summed E-state index contributed by atoms with van der Waals surface area (Å²) in [5.41, 5.74) is 0.886. The van der Waals surface area contributed by atoms with Gasteiger partial charge in [-0.05, 0) is 50.3 Å². The lowest BCUT2D eigenvalue weighted by Gasteiger charge is -2.27. The molecule has 1 aromatic carbocycles. The predicted octanol–water partition coefficient (Wildman–Crippen LogP) is 3.75. The van der Waals surface area contributed by atoms with Gasteiger partial charge < -0.3 is 14.8 Å². The summed E-state index contributed by atoms with van der Waals surface area (Å²) in [4.78, 5) is 14.8. The Morgan fingerprint density at radius 1 is 1.15 bits per heavy atom. The molecule has 3 heterocycles. The van der Waals surface area contributed by atoms with E-state index in [2.05, 4.69) is 20.1 Å². The number of hydrogen-bond acceptors (Lipinski definition) is 3. The van der Waals surface area contributed by atoms with Crippen molar-refractivity contribution in [2.75, 3.05) is 6.54 Å². The summed E-state index contributed by atoms with van der Waals surface area (Å²) in [6, 6.07) is 5.95. The second-order valence-corrected chi connectivity index (χ2v) is 7.51. The van der Waals surface area contributed by atoms with E-state index in [1.165, 1.54) is 18.6 Å². The molecule has 0 spiro atoms. The Bertz CT molecular complexity index is 803. The van der Waals surface area contributed by atoms with E-state index in [0.29, 0.717) is 0 Å². The summed E-state index contributed by atoms with van der Waals surface area (Å²) >= 11 is 0. The Labute approximate surface area is 158 Å². The topological polar surface area (TPSA) is 63.1 Å². The fourth-order valence-electron chi connectivity index (χ4n) is 4.14. The number of hydrogen-bond donors (Lipinski definition) is 1. The van der Waals surface area contributed by atoms with E-state index in [4.69, 9.17) is 0 Å². The van der Waals surface area contributed by atoms with E-state index in [0.717, 1.165) is 62.4 Å². The zero-order chi connectivity index (χ0) is 18.8. The van der Waals surface area contributed by atoms with Gasteiger partial charge >= 0.3 is 6.03 Å². The van der Waals surface area contributed by atoms with Crippen molar-refractivity contribution in [3.8, 4) is 0 Å². The van der Waals surface area contributed by atoms with E-state index >= 15 is 0 Å². The number of aromatic nitrogens is 3. The first-order valence-corrected chi connectivity index (χ1v) is 9.88. The highest BCUT2D eigenvalue weighted by Gasteiger charge is 2.34. The lowest BCUT2D eigenvalue weighted by molar-refractivity contribution is 0.186. The number of fused-ring (bicyclic) bond motifs is 1. The molecule has 1 fully saturated rings. The number of rotatable bonds is 3. The van der Waals surface area contributed by atoms with Crippen molar-refractivity contribution in [1.82, 2.24) is 25.0 Å². The van der Waals surface area contributed by atoms with Crippen molar-refractivity contribution in [2.24, 2.45) is 0 Å². The monoisotopic (exact) mass is 371 g/mol. The maximum absolute atomic E-state index is 13.1. The van der Waals surface area contributed by atoms with E-state index in [-0.39, 0.29) is 23.9 Å². The van der Waals surface area contributed by atoms with Gasteiger partial charge in [0.2, 0.25) is 0 Å². The number of nitrogens with zero attached hydrogens (tertiary/aromatic N) is 4. The average Bonchev–Trinajstić information content (AvgIpc) is 3.23. The molecule has 2 aromatic rings. The van der Waals surface area contributed by atoms with Crippen molar-refractivity contribution in [3.05, 3.63) is 47.3 Å². The lowest BCUT2D eigenvalue weighted by Crippen LogP contribution is -2.41. The largest absolute Gasteiger partial charge is 0.331 e. The van der Waals surface area contributed by atoms with Crippen LogP contribution in [0.15, 0.2) is 24.3 Å². The van der Waals surface area contributed by atoms with E-state index < -0.39 is 0 Å². The summed E-state index contributed by atoms with van der Waals surface area (Å²) < 4.78 is 15.4. The van der Waals surface area contributed by atoms with Crippen LogP contribution in [0.5, 0.6) is 0 Å². The first kappa shape index (κ1) is 17.9. The molecule has 2 amide bonds. The number of urea groups is 1. The normalized spacial score (nSPS) is 20.8. The quantitative estimate of drug-likeness (QED) is 0.894. The van der Waals surface area contributed by atoms with Crippen LogP contribution in [0.2, 0.25) is 0 Å². The number of benzene rings is 1. The molecule has 0 radical (unpaired) electrons. The molecule has 1 aromatic heterocycles. The number of likely N-dealkylation sites (tertiary alicyclic amines) is 1. The van der Waals surface area contributed by atoms with Gasteiger partial charge in [0.05, 0.1) is 12.1 Å². The standard InChI is InChI=1S/C20H26FN5O/c1-14(15-8-10-16(21)11-9-15)22-20(27)25-13-5-6-17(25)19-24-23-18-7-3-2-4-12-26(18)19/h8-11,14,17H,2-7,12-13H2,1H3,(H,22,27). The first-order chi connectivity index (χ1) is 13.1. The SMILES string of the molecule is CC(NC(=O)N1CCCC1c1nnc2n1CCCCC2)c1ccc(F)cc1. The Morgan fingerprint density at radius 2 is 1.96 bits per heavy atom. The van der Waals surface area contributed by atoms with Gasteiger partial charge in [0.15, 0.2) is 5.82 Å². The van der Waals surface area contributed by atoms with Gasteiger partial charge in [-0.1, -0.05) is 18.6 Å². The number of amides is 2. The van der Waals surface area contributed by atoms with Crippen LogP contribution in [0.3, 0.4) is 0 Å². The van der Waals surface area contributed by atoms with Crippen LogP contribution in [0.4, 0.5) is 9.18 Å². The molecular formula is C20H26FN5O. The molecule has 0 bridgehead atoms. The van der Waals surface area contributed by atoms with Crippen LogP contribution < -0.4 is 5.32 Å². The van der Waals surface area contributed by atoms with Gasteiger partial charge in [-0.3, -0.25) is 0 Å². The molecular weight excluding hydrogens is 345 g/mol. The molecule has 0 saturated carbocycles. The van der Waals surface area contributed by atoms with E-state index in [1.54, 1.807) is 12.1 Å². The van der Waals surface area contributed by atoms with Gasteiger partial charge in [0.1, 0.15) is 11.6 Å². The van der Waals surface area contributed by atoms with Crippen molar-refractivity contribution in [3.63, 3.8) is 0 Å². The van der Waals surface area contributed by atoms with Crippen LogP contribution in [0, 0.1) is 5.82 Å². The molecule has 7 heteroatoms. The Morgan fingerprint density at radius 3 is 2.78 bits per heavy atom. The summed E-state index contributed by atoms with van der Waals surface area (Å²) in [6.07, 6.45) is 6.35. The van der Waals surface area contributed by atoms with Crippen LogP contribution in [-0.4, -0.2) is 32.2 Å². The van der Waals surface area contributed by atoms with Crippen LogP contribution in [0.1, 0.15) is 68.3 Å². The highest BCUT2D eigenvalue weighted by atomic mass is 19.1. The molecule has 2 aliphatic rings. The summed E-state index contributed by atoms with van der Waals surface area (Å²) in [7, 11) is 0. The van der Waals surface area contributed by atoms with Crippen molar-refractivity contribution in [1.29, 1.82) is 0 Å². The Kier molecular flexibility index (Phi) is 5.09. The molecule has 27 heavy (non-hydrogen) atoms. The zero-order valence-corrected chi connectivity index (χ0v) is 15.7. The van der Waals surface area contributed by atoms with Crippen LogP contribution >= 0.6 is 0 Å². The third-order valence-corrected chi connectivity index (χ3v) is 5.66. The van der Waals surface area contributed by atoms with Crippen LogP contribution in [0.25, 0.3) is 0 Å². The molecule has 2 aliphatic heterocycles. The fourth-order valence-corrected chi connectivity index (χ4v) is 4.14. The van der Waals surface area contributed by atoms with Gasteiger partial charge in [0.25, 0.3) is 0 Å². The van der Waals surface area contributed by atoms with Gasteiger partial charge in [-0.15, -0.1) is 10.2 Å². The van der Waals surface area contributed by atoms with Gasteiger partial charge in [-0.25, -0.2) is 9.18 Å². The van der Waals surface area contributed by atoms with Crippen molar-refractivity contribution in [2.45, 2.75) is 64.1 Å². The third-order valence-electron chi connectivity index (χ3n) is 5.66. The molecule has 1 saturated heterocycles. The van der Waals surface area contributed by atoms with Crippen LogP contribution in [-0.2, 0) is 13.0 Å². The molecule has 2 unspecified atom stereocenters. The maximum Gasteiger partial charge on any atom is 0.318 e. The minimum absolute atomic E-state index is 0.0234. The molecule has 1 N–H and O–H groups in total. The lowest BCUT2D eigenvalue weighted by atomic mass is 10.1. The molecule has 0 aliphatic carbocycles. The van der Waals surface area contributed by atoms with E-state index in [1.807, 2.05) is 11.8 Å². The Hall–Kier alpha value is -2.44. The van der Waals surface area contributed by atoms with Gasteiger partial charge in [-0.2, -0.15) is 0 Å². The number of aryl methyl sites for hydroxylation is 1. The first-order valence-electron chi connectivity index (χ1n) is 9.88. The van der Waals surface area contributed by atoms with Crippen molar-refractivity contribution >= 4 is 6.03 Å². The minimum Gasteiger partial charge on any atom is -0.331 e.